The predicted octanol–water partition coefficient (Wildman–Crippen LogP) is 0.608. The van der Waals surface area contributed by atoms with Crippen molar-refractivity contribution in [3.05, 3.63) is 30.0 Å². The molecule has 1 fully saturated rings. The third-order valence-corrected chi connectivity index (χ3v) is 3.08. The number of hydrogen-bond acceptors (Lipinski definition) is 3. The summed E-state index contributed by atoms with van der Waals surface area (Å²) in [5.41, 5.74) is 1.44. The molecule has 3 rings (SSSR count). The highest BCUT2D eigenvalue weighted by Gasteiger charge is 2.21. The lowest BCUT2D eigenvalue weighted by atomic mass is 10.2. The van der Waals surface area contributed by atoms with E-state index < -0.39 is 0 Å². The molecule has 17 heavy (non-hydrogen) atoms. The topological polar surface area (TPSA) is 61.0 Å². The average Bonchev–Trinajstić information content (AvgIpc) is 2.83. The van der Waals surface area contributed by atoms with Crippen molar-refractivity contribution < 1.29 is 4.79 Å². The molecule has 0 radical (unpaired) electrons. The first kappa shape index (κ1) is 10.3. The van der Waals surface area contributed by atoms with E-state index in [1.54, 1.807) is 0 Å². The van der Waals surface area contributed by atoms with Crippen molar-refractivity contribution in [2.75, 3.05) is 26.2 Å². The smallest absolute Gasteiger partial charge is 0.275 e. The fourth-order valence-electron chi connectivity index (χ4n) is 2.14. The Morgan fingerprint density at radius 3 is 2.82 bits per heavy atom. The Balaban J connectivity index is 1.95. The summed E-state index contributed by atoms with van der Waals surface area (Å²) >= 11 is 0. The van der Waals surface area contributed by atoms with Crippen LogP contribution < -0.4 is 5.32 Å². The van der Waals surface area contributed by atoms with Crippen molar-refractivity contribution >= 4 is 16.8 Å². The molecule has 5 nitrogen and oxygen atoms in total. The van der Waals surface area contributed by atoms with Gasteiger partial charge in [-0.2, -0.15) is 5.10 Å². The fourth-order valence-corrected chi connectivity index (χ4v) is 2.14. The second-order valence-electron chi connectivity index (χ2n) is 4.16. The van der Waals surface area contributed by atoms with Gasteiger partial charge in [0.1, 0.15) is 0 Å². The van der Waals surface area contributed by atoms with Crippen molar-refractivity contribution in [1.29, 1.82) is 0 Å². The number of para-hydroxylation sites is 1. The number of carbonyl (C=O) groups is 1. The first-order chi connectivity index (χ1) is 8.36. The Labute approximate surface area is 98.8 Å². The molecule has 1 aromatic heterocycles. The summed E-state index contributed by atoms with van der Waals surface area (Å²) in [5.74, 6) is 0.0175. The Morgan fingerprint density at radius 2 is 2.00 bits per heavy atom. The maximum Gasteiger partial charge on any atom is 0.275 e. The third-order valence-electron chi connectivity index (χ3n) is 3.08. The molecule has 1 aliphatic rings. The average molecular weight is 230 g/mol. The van der Waals surface area contributed by atoms with Crippen LogP contribution in [-0.2, 0) is 0 Å². The SMILES string of the molecule is O=C(c1n[nH]c2ccccc12)N1CCNCC1. The first-order valence-electron chi connectivity index (χ1n) is 5.79. The van der Waals surface area contributed by atoms with E-state index in [9.17, 15) is 4.79 Å². The molecular formula is C12H14N4O. The highest BCUT2D eigenvalue weighted by Crippen LogP contribution is 2.16. The number of rotatable bonds is 1. The summed E-state index contributed by atoms with van der Waals surface area (Å²) in [6.07, 6.45) is 0. The molecule has 0 bridgehead atoms. The Bertz CT molecular complexity index is 542. The van der Waals surface area contributed by atoms with Crippen LogP contribution in [0.2, 0.25) is 0 Å². The van der Waals surface area contributed by atoms with Gasteiger partial charge < -0.3 is 10.2 Å². The number of H-pyrrole nitrogens is 1. The number of amides is 1. The largest absolute Gasteiger partial charge is 0.335 e. The van der Waals surface area contributed by atoms with Crippen LogP contribution in [0.5, 0.6) is 0 Å². The number of aromatic amines is 1. The van der Waals surface area contributed by atoms with E-state index >= 15 is 0 Å². The molecule has 0 atom stereocenters. The summed E-state index contributed by atoms with van der Waals surface area (Å²) in [5, 5.41) is 11.2. The molecule has 2 heterocycles. The number of nitrogens with one attached hydrogen (secondary N) is 2. The van der Waals surface area contributed by atoms with E-state index in [1.165, 1.54) is 0 Å². The fraction of sp³-hybridized carbons (Fsp3) is 0.333. The zero-order chi connectivity index (χ0) is 11.7. The minimum absolute atomic E-state index is 0.0175. The van der Waals surface area contributed by atoms with Gasteiger partial charge in [0.2, 0.25) is 0 Å². The van der Waals surface area contributed by atoms with Crippen LogP contribution in [0, 0.1) is 0 Å². The van der Waals surface area contributed by atoms with Crippen LogP contribution in [0.3, 0.4) is 0 Å². The molecule has 0 spiro atoms. The van der Waals surface area contributed by atoms with Gasteiger partial charge in [-0.25, -0.2) is 0 Å². The molecular weight excluding hydrogens is 216 g/mol. The molecule has 1 aliphatic heterocycles. The monoisotopic (exact) mass is 230 g/mol. The van der Waals surface area contributed by atoms with Crippen molar-refractivity contribution in [3.63, 3.8) is 0 Å². The standard InChI is InChI=1S/C12H14N4O/c17-12(16-7-5-13-6-8-16)11-9-3-1-2-4-10(9)14-15-11/h1-4,13H,5-8H2,(H,14,15). The summed E-state index contributed by atoms with van der Waals surface area (Å²) in [4.78, 5) is 14.1. The number of benzene rings is 1. The number of fused-ring (bicyclic) bond motifs is 1. The Hall–Kier alpha value is -1.88. The second-order valence-corrected chi connectivity index (χ2v) is 4.16. The van der Waals surface area contributed by atoms with Crippen molar-refractivity contribution in [3.8, 4) is 0 Å². The van der Waals surface area contributed by atoms with Gasteiger partial charge in [-0.05, 0) is 6.07 Å². The van der Waals surface area contributed by atoms with Gasteiger partial charge in [-0.3, -0.25) is 9.89 Å². The summed E-state index contributed by atoms with van der Waals surface area (Å²) in [7, 11) is 0. The van der Waals surface area contributed by atoms with Crippen LogP contribution in [0.1, 0.15) is 10.5 Å². The van der Waals surface area contributed by atoms with Crippen LogP contribution in [0.15, 0.2) is 24.3 Å². The number of hydrogen-bond donors (Lipinski definition) is 2. The Morgan fingerprint density at radius 1 is 1.24 bits per heavy atom. The van der Waals surface area contributed by atoms with Crippen molar-refractivity contribution in [1.82, 2.24) is 20.4 Å². The van der Waals surface area contributed by atoms with E-state index in [-0.39, 0.29) is 5.91 Å². The first-order valence-corrected chi connectivity index (χ1v) is 5.79. The highest BCUT2D eigenvalue weighted by molar-refractivity contribution is 6.04. The van der Waals surface area contributed by atoms with Crippen LogP contribution in [0.4, 0.5) is 0 Å². The lowest BCUT2D eigenvalue weighted by Crippen LogP contribution is -2.46. The molecule has 1 amide bonds. The van der Waals surface area contributed by atoms with Gasteiger partial charge in [0.25, 0.3) is 5.91 Å². The van der Waals surface area contributed by atoms with E-state index in [0.717, 1.165) is 37.1 Å². The molecule has 0 unspecified atom stereocenters. The zero-order valence-corrected chi connectivity index (χ0v) is 9.44. The summed E-state index contributed by atoms with van der Waals surface area (Å²) < 4.78 is 0. The molecule has 1 aromatic carbocycles. The lowest BCUT2D eigenvalue weighted by molar-refractivity contribution is 0.0732. The van der Waals surface area contributed by atoms with Gasteiger partial charge in [0, 0.05) is 31.6 Å². The number of carbonyl (C=O) groups excluding carboxylic acids is 1. The number of nitrogens with zero attached hydrogens (tertiary/aromatic N) is 2. The number of aromatic nitrogens is 2. The van der Waals surface area contributed by atoms with Crippen molar-refractivity contribution in [2.24, 2.45) is 0 Å². The van der Waals surface area contributed by atoms with Gasteiger partial charge in [-0.1, -0.05) is 18.2 Å². The molecule has 0 saturated carbocycles. The summed E-state index contributed by atoms with van der Waals surface area (Å²) in [6, 6.07) is 7.71. The minimum Gasteiger partial charge on any atom is -0.335 e. The molecule has 0 aliphatic carbocycles. The van der Waals surface area contributed by atoms with E-state index in [4.69, 9.17) is 0 Å². The lowest BCUT2D eigenvalue weighted by Gasteiger charge is -2.26. The van der Waals surface area contributed by atoms with Crippen LogP contribution in [0.25, 0.3) is 10.9 Å². The highest BCUT2D eigenvalue weighted by atomic mass is 16.2. The van der Waals surface area contributed by atoms with Crippen molar-refractivity contribution in [2.45, 2.75) is 0 Å². The van der Waals surface area contributed by atoms with Crippen LogP contribution >= 0.6 is 0 Å². The van der Waals surface area contributed by atoms with Gasteiger partial charge >= 0.3 is 0 Å². The van der Waals surface area contributed by atoms with E-state index in [0.29, 0.717) is 5.69 Å². The van der Waals surface area contributed by atoms with Gasteiger partial charge in [0.05, 0.1) is 5.52 Å². The van der Waals surface area contributed by atoms with E-state index in [1.807, 2.05) is 29.2 Å². The quantitative estimate of drug-likeness (QED) is 0.754. The molecule has 5 heteroatoms. The predicted molar refractivity (Wildman–Crippen MR) is 64.9 cm³/mol. The third kappa shape index (κ3) is 1.78. The van der Waals surface area contributed by atoms with Crippen LogP contribution in [-0.4, -0.2) is 47.2 Å². The Kier molecular flexibility index (Phi) is 2.53. The molecule has 1 saturated heterocycles. The maximum absolute atomic E-state index is 12.3. The van der Waals surface area contributed by atoms with Gasteiger partial charge in [0.15, 0.2) is 5.69 Å². The number of piperazine rings is 1. The molecule has 2 aromatic rings. The van der Waals surface area contributed by atoms with Gasteiger partial charge in [-0.15, -0.1) is 0 Å². The molecule has 88 valence electrons. The summed E-state index contributed by atoms with van der Waals surface area (Å²) in [6.45, 7) is 3.21. The second kappa shape index (κ2) is 4.18. The zero-order valence-electron chi connectivity index (χ0n) is 9.44. The minimum atomic E-state index is 0.0175. The normalized spacial score (nSPS) is 16.4. The van der Waals surface area contributed by atoms with E-state index in [2.05, 4.69) is 15.5 Å². The maximum atomic E-state index is 12.3. The molecule has 2 N–H and O–H groups in total.